The monoisotopic (exact) mass is 280 g/mol. The molecule has 0 fully saturated rings. The number of aromatic hydroxyl groups is 1. The lowest BCUT2D eigenvalue weighted by Crippen LogP contribution is -2.47. The normalized spacial score (nSPS) is 12.0. The topological polar surface area (TPSA) is 89.9 Å². The minimum atomic E-state index is -1.05. The third kappa shape index (κ3) is 4.46. The third-order valence-corrected chi connectivity index (χ3v) is 2.84. The Balaban J connectivity index is 2.73. The summed E-state index contributed by atoms with van der Waals surface area (Å²) in [6.07, 6.45) is 0.366. The van der Waals surface area contributed by atoms with E-state index < -0.39 is 18.0 Å². The van der Waals surface area contributed by atoms with E-state index in [1.165, 1.54) is 24.1 Å². The molecule has 1 aromatic rings. The lowest BCUT2D eigenvalue weighted by atomic mass is 10.0. The smallest absolute Gasteiger partial charge is 0.326 e. The van der Waals surface area contributed by atoms with E-state index in [1.54, 1.807) is 12.1 Å². The van der Waals surface area contributed by atoms with Gasteiger partial charge in [0.15, 0.2) is 0 Å². The zero-order valence-electron chi connectivity index (χ0n) is 11.8. The van der Waals surface area contributed by atoms with Crippen LogP contribution in [0.5, 0.6) is 5.75 Å². The summed E-state index contributed by atoms with van der Waals surface area (Å²) in [7, 11) is 1.54. The average molecular weight is 280 g/mol. The number of aliphatic carboxylic acids is 1. The SMILES string of the molecule is CC(C)C[C@@H](NC(=O)N(C)c1ccc(O)cc1)C(=O)O. The van der Waals surface area contributed by atoms with Crippen LogP contribution in [0.4, 0.5) is 10.5 Å². The molecule has 0 aliphatic rings. The number of carbonyl (C=O) groups is 2. The van der Waals surface area contributed by atoms with Gasteiger partial charge in [-0.15, -0.1) is 0 Å². The predicted molar refractivity (Wildman–Crippen MR) is 75.9 cm³/mol. The van der Waals surface area contributed by atoms with Crippen molar-refractivity contribution in [2.45, 2.75) is 26.3 Å². The second-order valence-corrected chi connectivity index (χ2v) is 5.05. The van der Waals surface area contributed by atoms with E-state index in [-0.39, 0.29) is 11.7 Å². The Morgan fingerprint density at radius 2 is 1.80 bits per heavy atom. The van der Waals surface area contributed by atoms with Gasteiger partial charge in [-0.25, -0.2) is 9.59 Å². The Hall–Kier alpha value is -2.24. The molecule has 0 aliphatic heterocycles. The molecule has 2 amide bonds. The molecule has 3 N–H and O–H groups in total. The first-order chi connectivity index (χ1) is 9.31. The van der Waals surface area contributed by atoms with E-state index >= 15 is 0 Å². The van der Waals surface area contributed by atoms with E-state index in [0.29, 0.717) is 12.1 Å². The van der Waals surface area contributed by atoms with Gasteiger partial charge in [0.25, 0.3) is 0 Å². The number of phenols is 1. The fourth-order valence-electron chi connectivity index (χ4n) is 1.73. The highest BCUT2D eigenvalue weighted by Gasteiger charge is 2.23. The molecule has 0 aliphatic carbocycles. The fraction of sp³-hybridized carbons (Fsp3) is 0.429. The second kappa shape index (κ2) is 6.79. The highest BCUT2D eigenvalue weighted by Crippen LogP contribution is 2.17. The first-order valence-corrected chi connectivity index (χ1v) is 6.37. The molecular formula is C14H20N2O4. The fourth-order valence-corrected chi connectivity index (χ4v) is 1.73. The van der Waals surface area contributed by atoms with Crippen molar-refractivity contribution in [3.8, 4) is 5.75 Å². The molecule has 0 bridgehead atoms. The number of hydrogen-bond donors (Lipinski definition) is 3. The van der Waals surface area contributed by atoms with Gasteiger partial charge in [-0.05, 0) is 36.6 Å². The summed E-state index contributed by atoms with van der Waals surface area (Å²) < 4.78 is 0. The highest BCUT2D eigenvalue weighted by molar-refractivity contribution is 5.94. The van der Waals surface area contributed by atoms with Crippen molar-refractivity contribution >= 4 is 17.7 Å². The molecule has 1 rings (SSSR count). The predicted octanol–water partition coefficient (Wildman–Crippen LogP) is 2.04. The number of carboxylic acid groups (broad SMARTS) is 1. The Morgan fingerprint density at radius 3 is 2.25 bits per heavy atom. The van der Waals surface area contributed by atoms with Crippen molar-refractivity contribution in [3.05, 3.63) is 24.3 Å². The quantitative estimate of drug-likeness (QED) is 0.770. The van der Waals surface area contributed by atoms with Crippen molar-refractivity contribution < 1.29 is 19.8 Å². The lowest BCUT2D eigenvalue weighted by Gasteiger charge is -2.22. The molecule has 6 nitrogen and oxygen atoms in total. The number of hydrogen-bond acceptors (Lipinski definition) is 3. The van der Waals surface area contributed by atoms with Crippen LogP contribution in [0, 0.1) is 5.92 Å². The summed E-state index contributed by atoms with van der Waals surface area (Å²) in [4.78, 5) is 24.4. The molecule has 1 aromatic carbocycles. The van der Waals surface area contributed by atoms with E-state index in [1.807, 2.05) is 13.8 Å². The van der Waals surface area contributed by atoms with Crippen LogP contribution in [-0.4, -0.2) is 35.3 Å². The molecule has 0 radical (unpaired) electrons. The first-order valence-electron chi connectivity index (χ1n) is 6.37. The highest BCUT2D eigenvalue weighted by atomic mass is 16.4. The minimum Gasteiger partial charge on any atom is -0.508 e. The van der Waals surface area contributed by atoms with Gasteiger partial charge < -0.3 is 15.5 Å². The van der Waals surface area contributed by atoms with Gasteiger partial charge in [-0.3, -0.25) is 4.90 Å². The number of carboxylic acids is 1. The Morgan fingerprint density at radius 1 is 1.25 bits per heavy atom. The Labute approximate surface area is 118 Å². The van der Waals surface area contributed by atoms with Crippen molar-refractivity contribution in [2.75, 3.05) is 11.9 Å². The molecule has 6 heteroatoms. The number of anilines is 1. The largest absolute Gasteiger partial charge is 0.508 e. The van der Waals surface area contributed by atoms with Gasteiger partial charge in [-0.1, -0.05) is 13.8 Å². The maximum atomic E-state index is 12.0. The van der Waals surface area contributed by atoms with Crippen LogP contribution < -0.4 is 10.2 Å². The van der Waals surface area contributed by atoms with Crippen molar-refractivity contribution in [1.82, 2.24) is 5.32 Å². The number of nitrogens with zero attached hydrogens (tertiary/aromatic N) is 1. The number of rotatable bonds is 5. The van der Waals surface area contributed by atoms with Crippen molar-refractivity contribution in [2.24, 2.45) is 5.92 Å². The molecule has 0 heterocycles. The second-order valence-electron chi connectivity index (χ2n) is 5.05. The van der Waals surface area contributed by atoms with Crippen LogP contribution in [0.25, 0.3) is 0 Å². The third-order valence-electron chi connectivity index (χ3n) is 2.84. The summed E-state index contributed by atoms with van der Waals surface area (Å²) in [5, 5.41) is 20.8. The molecule has 110 valence electrons. The lowest BCUT2D eigenvalue weighted by molar-refractivity contribution is -0.139. The van der Waals surface area contributed by atoms with Gasteiger partial charge in [0.2, 0.25) is 0 Å². The Kier molecular flexibility index (Phi) is 5.37. The summed E-state index contributed by atoms with van der Waals surface area (Å²) in [6, 6.07) is 4.66. The number of nitrogens with one attached hydrogen (secondary N) is 1. The van der Waals surface area contributed by atoms with Crippen LogP contribution in [-0.2, 0) is 4.79 Å². The molecule has 1 atom stereocenters. The van der Waals surface area contributed by atoms with Crippen LogP contribution >= 0.6 is 0 Å². The zero-order chi connectivity index (χ0) is 15.3. The number of urea groups is 1. The maximum absolute atomic E-state index is 12.0. The van der Waals surface area contributed by atoms with E-state index in [9.17, 15) is 14.7 Å². The molecule has 0 saturated carbocycles. The molecule has 20 heavy (non-hydrogen) atoms. The van der Waals surface area contributed by atoms with Gasteiger partial charge >= 0.3 is 12.0 Å². The summed E-state index contributed by atoms with van der Waals surface area (Å²) >= 11 is 0. The minimum absolute atomic E-state index is 0.103. The average Bonchev–Trinajstić information content (AvgIpc) is 2.37. The van der Waals surface area contributed by atoms with Crippen molar-refractivity contribution in [3.63, 3.8) is 0 Å². The van der Waals surface area contributed by atoms with E-state index in [2.05, 4.69) is 5.32 Å². The zero-order valence-corrected chi connectivity index (χ0v) is 11.8. The van der Waals surface area contributed by atoms with Gasteiger partial charge in [0.1, 0.15) is 11.8 Å². The van der Waals surface area contributed by atoms with Crippen LogP contribution in [0.2, 0.25) is 0 Å². The number of phenolic OH excluding ortho intramolecular Hbond substituents is 1. The first kappa shape index (κ1) is 15.8. The van der Waals surface area contributed by atoms with Crippen LogP contribution in [0.3, 0.4) is 0 Å². The number of amides is 2. The molecular weight excluding hydrogens is 260 g/mol. The summed E-state index contributed by atoms with van der Waals surface area (Å²) in [5.41, 5.74) is 0.564. The van der Waals surface area contributed by atoms with Gasteiger partial charge in [-0.2, -0.15) is 0 Å². The number of carbonyl (C=O) groups excluding carboxylic acids is 1. The molecule has 0 aromatic heterocycles. The number of benzene rings is 1. The van der Waals surface area contributed by atoms with Crippen molar-refractivity contribution in [1.29, 1.82) is 0 Å². The van der Waals surface area contributed by atoms with Gasteiger partial charge in [0.05, 0.1) is 0 Å². The van der Waals surface area contributed by atoms with Crippen LogP contribution in [0.15, 0.2) is 24.3 Å². The maximum Gasteiger partial charge on any atom is 0.326 e. The molecule has 0 unspecified atom stereocenters. The van der Waals surface area contributed by atoms with Gasteiger partial charge in [0, 0.05) is 12.7 Å². The summed E-state index contributed by atoms with van der Waals surface area (Å²) in [6.45, 7) is 3.79. The molecule has 0 spiro atoms. The summed E-state index contributed by atoms with van der Waals surface area (Å²) in [5.74, 6) is -0.785. The standard InChI is InChI=1S/C14H20N2O4/c1-9(2)8-12(13(18)19)15-14(20)16(3)10-4-6-11(17)7-5-10/h4-7,9,12,17H,8H2,1-3H3,(H,15,20)(H,18,19)/t12-/m1/s1. The van der Waals surface area contributed by atoms with E-state index in [4.69, 9.17) is 5.11 Å². The Bertz CT molecular complexity index is 471. The molecule has 0 saturated heterocycles. The van der Waals surface area contributed by atoms with E-state index in [0.717, 1.165) is 0 Å². The van der Waals surface area contributed by atoms with Crippen LogP contribution in [0.1, 0.15) is 20.3 Å².